The Hall–Kier alpha value is -2.84. The van der Waals surface area contributed by atoms with E-state index in [2.05, 4.69) is 20.6 Å². The number of hydrogen-bond donors (Lipinski definition) is 3. The number of ether oxygens (including phenoxy) is 1. The summed E-state index contributed by atoms with van der Waals surface area (Å²) in [6, 6.07) is 11.4. The molecule has 0 spiro atoms. The monoisotopic (exact) mass is 428 g/mol. The van der Waals surface area contributed by atoms with E-state index < -0.39 is 6.10 Å². The Morgan fingerprint density at radius 1 is 1.23 bits per heavy atom. The number of hydrogen-bond acceptors (Lipinski definition) is 6. The van der Waals surface area contributed by atoms with Gasteiger partial charge >= 0.3 is 0 Å². The van der Waals surface area contributed by atoms with Crippen molar-refractivity contribution in [2.24, 2.45) is 4.99 Å². The third-order valence-electron chi connectivity index (χ3n) is 4.13. The topological polar surface area (TPSA) is 91.9 Å². The highest BCUT2D eigenvalue weighted by atomic mass is 32.1. The van der Waals surface area contributed by atoms with Crippen LogP contribution in [0.1, 0.15) is 38.1 Å². The molecule has 0 amide bonds. The molecule has 0 aliphatic carbocycles. The van der Waals surface area contributed by atoms with Crippen LogP contribution >= 0.6 is 11.3 Å². The number of benzene rings is 1. The summed E-state index contributed by atoms with van der Waals surface area (Å²) < 4.78 is 11.2. The van der Waals surface area contributed by atoms with Gasteiger partial charge in [-0.25, -0.2) is 9.98 Å². The molecule has 3 aromatic rings. The molecule has 0 saturated heterocycles. The highest BCUT2D eigenvalue weighted by molar-refractivity contribution is 7.13. The molecule has 0 saturated carbocycles. The third-order valence-corrected chi connectivity index (χ3v) is 4.98. The molecule has 1 atom stereocenters. The van der Waals surface area contributed by atoms with Crippen molar-refractivity contribution in [2.45, 2.75) is 39.5 Å². The molecular weight excluding hydrogens is 400 g/mol. The van der Waals surface area contributed by atoms with Gasteiger partial charge in [-0.05, 0) is 49.9 Å². The van der Waals surface area contributed by atoms with Crippen LogP contribution in [0.4, 0.5) is 0 Å². The minimum absolute atomic E-state index is 0.118. The number of aromatic nitrogens is 1. The van der Waals surface area contributed by atoms with Crippen LogP contribution in [0.2, 0.25) is 0 Å². The van der Waals surface area contributed by atoms with Crippen LogP contribution in [0.5, 0.6) is 5.75 Å². The lowest BCUT2D eigenvalue weighted by molar-refractivity contribution is 0.180. The van der Waals surface area contributed by atoms with Crippen LogP contribution in [-0.2, 0) is 6.54 Å². The Labute approximate surface area is 180 Å². The Bertz CT molecular complexity index is 920. The number of aliphatic hydroxyl groups excluding tert-OH is 1. The Morgan fingerprint density at radius 3 is 2.70 bits per heavy atom. The minimum atomic E-state index is -0.667. The van der Waals surface area contributed by atoms with Gasteiger partial charge in [0.15, 0.2) is 5.96 Å². The summed E-state index contributed by atoms with van der Waals surface area (Å²) in [5, 5.41) is 18.8. The summed E-state index contributed by atoms with van der Waals surface area (Å²) in [6.07, 6.45) is 1.07. The van der Waals surface area contributed by atoms with Gasteiger partial charge in [0.2, 0.25) is 5.89 Å². The van der Waals surface area contributed by atoms with E-state index in [0.717, 1.165) is 21.9 Å². The molecule has 1 aromatic carbocycles. The zero-order chi connectivity index (χ0) is 21.3. The first-order valence-electron chi connectivity index (χ1n) is 10.00. The van der Waals surface area contributed by atoms with Crippen LogP contribution in [0.3, 0.4) is 0 Å². The Morgan fingerprint density at radius 2 is 2.03 bits per heavy atom. The van der Waals surface area contributed by atoms with Gasteiger partial charge in [-0.3, -0.25) is 0 Å². The van der Waals surface area contributed by atoms with E-state index in [1.165, 1.54) is 0 Å². The molecule has 30 heavy (non-hydrogen) atoms. The highest BCUT2D eigenvalue weighted by Crippen LogP contribution is 2.23. The van der Waals surface area contributed by atoms with Gasteiger partial charge in [0.05, 0.1) is 23.6 Å². The van der Waals surface area contributed by atoms with Gasteiger partial charge < -0.3 is 24.9 Å². The fourth-order valence-corrected chi connectivity index (χ4v) is 3.40. The summed E-state index contributed by atoms with van der Waals surface area (Å²) in [7, 11) is 0. The fraction of sp³-hybridized carbons (Fsp3) is 0.364. The molecule has 0 aliphatic rings. The van der Waals surface area contributed by atoms with Crippen molar-refractivity contribution in [3.63, 3.8) is 0 Å². The number of nitrogens with zero attached hydrogens (tertiary/aromatic N) is 2. The zero-order valence-electron chi connectivity index (χ0n) is 17.5. The number of oxazole rings is 1. The van der Waals surface area contributed by atoms with Crippen molar-refractivity contribution < 1.29 is 14.3 Å². The summed E-state index contributed by atoms with van der Waals surface area (Å²) in [5.41, 5.74) is 1.56. The molecule has 2 heterocycles. The quantitative estimate of drug-likeness (QED) is 0.353. The number of aliphatic imine (C=N–C) groups is 1. The number of guanidine groups is 1. The molecule has 0 aliphatic heterocycles. The van der Waals surface area contributed by atoms with Gasteiger partial charge in [0.1, 0.15) is 17.7 Å². The molecule has 2 aromatic heterocycles. The van der Waals surface area contributed by atoms with Gasteiger partial charge in [0.25, 0.3) is 0 Å². The van der Waals surface area contributed by atoms with Crippen LogP contribution in [-0.4, -0.2) is 35.2 Å². The van der Waals surface area contributed by atoms with Gasteiger partial charge in [-0.2, -0.15) is 0 Å². The maximum atomic E-state index is 10.5. The molecular formula is C22H28N4O3S. The maximum Gasteiger partial charge on any atom is 0.236 e. The van der Waals surface area contributed by atoms with E-state index in [1.54, 1.807) is 17.6 Å². The highest BCUT2D eigenvalue weighted by Gasteiger charge is 2.10. The van der Waals surface area contributed by atoms with E-state index in [9.17, 15) is 5.11 Å². The Kier molecular flexibility index (Phi) is 7.87. The molecule has 3 N–H and O–H groups in total. The second-order valence-corrected chi connectivity index (χ2v) is 7.90. The standard InChI is InChI=1S/C22H28N4O3S/c1-4-23-22(24-12-17-14-28-21(26-17)20-6-5-11-30-20)25-13-19(27)16-7-9-18(10-8-16)29-15(2)3/h5-11,14-15,19,27H,4,12-13H2,1-3H3,(H2,23,24,25). The van der Waals surface area contributed by atoms with E-state index in [4.69, 9.17) is 9.15 Å². The first-order valence-corrected chi connectivity index (χ1v) is 10.9. The molecule has 7 nitrogen and oxygen atoms in total. The summed E-state index contributed by atoms with van der Waals surface area (Å²) in [5.74, 6) is 2.00. The van der Waals surface area contributed by atoms with E-state index in [1.807, 2.05) is 62.5 Å². The number of aliphatic hydroxyl groups is 1. The lowest BCUT2D eigenvalue weighted by Crippen LogP contribution is -2.39. The number of thiophene rings is 1. The van der Waals surface area contributed by atoms with Crippen molar-refractivity contribution >= 4 is 17.3 Å². The van der Waals surface area contributed by atoms with Crippen molar-refractivity contribution in [2.75, 3.05) is 13.1 Å². The molecule has 0 fully saturated rings. The minimum Gasteiger partial charge on any atom is -0.491 e. The lowest BCUT2D eigenvalue weighted by Gasteiger charge is -2.16. The van der Waals surface area contributed by atoms with Crippen molar-refractivity contribution in [3.8, 4) is 16.5 Å². The summed E-state index contributed by atoms with van der Waals surface area (Å²) in [4.78, 5) is 10.0. The van der Waals surface area contributed by atoms with Crippen molar-refractivity contribution in [3.05, 3.63) is 59.3 Å². The van der Waals surface area contributed by atoms with Crippen LogP contribution in [0.15, 0.2) is 57.5 Å². The SMILES string of the molecule is CCNC(=NCc1coc(-c2cccs2)n1)NCC(O)c1ccc(OC(C)C)cc1. The molecule has 160 valence electrons. The first-order chi connectivity index (χ1) is 14.5. The third kappa shape index (κ3) is 6.33. The molecule has 8 heteroatoms. The van der Waals surface area contributed by atoms with E-state index >= 15 is 0 Å². The average molecular weight is 429 g/mol. The second kappa shape index (κ2) is 10.8. The number of nitrogens with one attached hydrogen (secondary N) is 2. The maximum absolute atomic E-state index is 10.5. The van der Waals surface area contributed by atoms with Crippen LogP contribution in [0.25, 0.3) is 10.8 Å². The van der Waals surface area contributed by atoms with Gasteiger partial charge in [0, 0.05) is 13.1 Å². The molecule has 0 radical (unpaired) electrons. The predicted octanol–water partition coefficient (Wildman–Crippen LogP) is 3.98. The first kappa shape index (κ1) is 21.9. The van der Waals surface area contributed by atoms with Gasteiger partial charge in [-0.15, -0.1) is 11.3 Å². The van der Waals surface area contributed by atoms with E-state index in [0.29, 0.717) is 31.5 Å². The normalized spacial score (nSPS) is 12.8. The fourth-order valence-electron chi connectivity index (χ4n) is 2.75. The van der Waals surface area contributed by atoms with Crippen LogP contribution < -0.4 is 15.4 Å². The smallest absolute Gasteiger partial charge is 0.236 e. The lowest BCUT2D eigenvalue weighted by atomic mass is 10.1. The van der Waals surface area contributed by atoms with Gasteiger partial charge in [-0.1, -0.05) is 18.2 Å². The molecule has 0 bridgehead atoms. The summed E-state index contributed by atoms with van der Waals surface area (Å²) >= 11 is 1.58. The van der Waals surface area contributed by atoms with Crippen molar-refractivity contribution in [1.29, 1.82) is 0 Å². The Balaban J connectivity index is 1.55. The number of rotatable bonds is 9. The molecule has 1 unspecified atom stereocenters. The van der Waals surface area contributed by atoms with Crippen LogP contribution in [0, 0.1) is 0 Å². The second-order valence-electron chi connectivity index (χ2n) is 6.95. The zero-order valence-corrected chi connectivity index (χ0v) is 18.3. The largest absolute Gasteiger partial charge is 0.491 e. The van der Waals surface area contributed by atoms with Crippen molar-refractivity contribution in [1.82, 2.24) is 15.6 Å². The molecule has 3 rings (SSSR count). The van der Waals surface area contributed by atoms with E-state index in [-0.39, 0.29) is 6.10 Å². The summed E-state index contributed by atoms with van der Waals surface area (Å²) in [6.45, 7) is 7.37. The predicted molar refractivity (Wildman–Crippen MR) is 120 cm³/mol. The average Bonchev–Trinajstić information content (AvgIpc) is 3.41.